The van der Waals surface area contributed by atoms with Gasteiger partial charge in [-0.25, -0.2) is 4.79 Å². The van der Waals surface area contributed by atoms with Crippen molar-refractivity contribution in [3.05, 3.63) is 72.3 Å². The number of fused-ring (bicyclic) bond motifs is 3. The van der Waals surface area contributed by atoms with Crippen LogP contribution in [0.5, 0.6) is 0 Å². The van der Waals surface area contributed by atoms with Crippen molar-refractivity contribution in [2.45, 2.75) is 18.4 Å². The van der Waals surface area contributed by atoms with Crippen LogP contribution in [0.4, 0.5) is 4.79 Å². The van der Waals surface area contributed by atoms with Crippen LogP contribution in [0.2, 0.25) is 0 Å². The van der Waals surface area contributed by atoms with E-state index in [4.69, 9.17) is 9.84 Å². The van der Waals surface area contributed by atoms with Crippen LogP contribution in [0.25, 0.3) is 11.1 Å². The van der Waals surface area contributed by atoms with Gasteiger partial charge in [0.2, 0.25) is 5.91 Å². The Labute approximate surface area is 197 Å². The molecule has 7 nitrogen and oxygen atoms in total. The van der Waals surface area contributed by atoms with E-state index in [-0.39, 0.29) is 19.1 Å². The first kappa shape index (κ1) is 24.4. The summed E-state index contributed by atoms with van der Waals surface area (Å²) in [6, 6.07) is 15.2. The molecule has 3 rings (SSSR count). The molecular weight excluding hydrogens is 440 g/mol. The van der Waals surface area contributed by atoms with Crippen molar-refractivity contribution >= 4 is 29.7 Å². The van der Waals surface area contributed by atoms with Gasteiger partial charge in [0, 0.05) is 12.5 Å². The summed E-state index contributed by atoms with van der Waals surface area (Å²) in [5.41, 5.74) is 4.45. The second kappa shape index (κ2) is 11.6. The van der Waals surface area contributed by atoms with Crippen LogP contribution in [0.1, 0.15) is 23.5 Å². The zero-order valence-electron chi connectivity index (χ0n) is 18.5. The average Bonchev–Trinajstić information content (AvgIpc) is 3.13. The third-order valence-electron chi connectivity index (χ3n) is 5.53. The number of nitrogens with one attached hydrogen (secondary N) is 1. The lowest BCUT2D eigenvalue weighted by molar-refractivity contribution is -0.144. The number of carbonyl (C=O) groups is 3. The zero-order valence-corrected chi connectivity index (χ0v) is 19.3. The molecule has 0 aliphatic heterocycles. The van der Waals surface area contributed by atoms with Crippen LogP contribution in [0.15, 0.2) is 61.2 Å². The summed E-state index contributed by atoms with van der Waals surface area (Å²) in [5.74, 6) is -1.07. The first-order valence-corrected chi connectivity index (χ1v) is 12.1. The van der Waals surface area contributed by atoms with Gasteiger partial charge in [-0.05, 0) is 40.7 Å². The normalized spacial score (nSPS) is 12.9. The highest BCUT2D eigenvalue weighted by atomic mass is 32.2. The van der Waals surface area contributed by atoms with Gasteiger partial charge < -0.3 is 20.1 Å². The predicted octanol–water partition coefficient (Wildman–Crippen LogP) is 3.75. The molecule has 2 aromatic rings. The van der Waals surface area contributed by atoms with Crippen molar-refractivity contribution in [2.75, 3.05) is 31.7 Å². The van der Waals surface area contributed by atoms with E-state index in [1.54, 1.807) is 0 Å². The number of thioether (sulfide) groups is 1. The van der Waals surface area contributed by atoms with Gasteiger partial charge in [0.1, 0.15) is 19.2 Å². The maximum atomic E-state index is 12.9. The van der Waals surface area contributed by atoms with E-state index in [1.807, 2.05) is 42.7 Å². The molecule has 1 aliphatic rings. The minimum absolute atomic E-state index is 0.0767. The van der Waals surface area contributed by atoms with Crippen molar-refractivity contribution in [3.8, 4) is 11.1 Å². The van der Waals surface area contributed by atoms with Crippen molar-refractivity contribution in [1.29, 1.82) is 0 Å². The number of amides is 2. The topological polar surface area (TPSA) is 95.9 Å². The summed E-state index contributed by atoms with van der Waals surface area (Å²) >= 11 is 1.53. The molecule has 0 radical (unpaired) electrons. The Bertz CT molecular complexity index is 980. The second-order valence-corrected chi connectivity index (χ2v) is 8.69. The Hall–Kier alpha value is -3.26. The minimum Gasteiger partial charge on any atom is -0.480 e. The number of ether oxygens (including phenoxy) is 1. The Morgan fingerprint density at radius 1 is 1.15 bits per heavy atom. The van der Waals surface area contributed by atoms with Crippen LogP contribution < -0.4 is 5.32 Å². The Morgan fingerprint density at radius 3 is 2.30 bits per heavy atom. The fourth-order valence-electron chi connectivity index (χ4n) is 4.05. The van der Waals surface area contributed by atoms with Gasteiger partial charge in [-0.2, -0.15) is 11.8 Å². The molecule has 2 amide bonds. The van der Waals surface area contributed by atoms with Gasteiger partial charge >= 0.3 is 12.1 Å². The molecule has 0 saturated carbocycles. The number of nitrogens with zero attached hydrogens (tertiary/aromatic N) is 1. The standard InChI is InChI=1S/C25H28N2O5S/c1-3-13-27(15-23(28)29)24(30)22(12-14-33-2)26-25(31)32-16-21-19-10-6-4-8-17(19)18-9-5-7-11-20(18)21/h3-11,21-22H,1,12-16H2,2H3,(H,26,31)(H,28,29)/t22-/m0/s1. The molecule has 2 N–H and O–H groups in total. The van der Waals surface area contributed by atoms with Crippen molar-refractivity contribution in [2.24, 2.45) is 0 Å². The zero-order chi connectivity index (χ0) is 23.8. The summed E-state index contributed by atoms with van der Waals surface area (Å²) in [7, 11) is 0. The van der Waals surface area contributed by atoms with E-state index < -0.39 is 30.6 Å². The molecule has 8 heteroatoms. The lowest BCUT2D eigenvalue weighted by atomic mass is 9.98. The van der Waals surface area contributed by atoms with E-state index in [0.29, 0.717) is 12.2 Å². The predicted molar refractivity (Wildman–Crippen MR) is 129 cm³/mol. The van der Waals surface area contributed by atoms with E-state index in [2.05, 4.69) is 24.0 Å². The van der Waals surface area contributed by atoms with E-state index >= 15 is 0 Å². The summed E-state index contributed by atoms with van der Waals surface area (Å²) < 4.78 is 5.56. The lowest BCUT2D eigenvalue weighted by Crippen LogP contribution is -2.50. The van der Waals surface area contributed by atoms with Gasteiger partial charge in [0.25, 0.3) is 0 Å². The van der Waals surface area contributed by atoms with Gasteiger partial charge in [0.05, 0.1) is 0 Å². The van der Waals surface area contributed by atoms with Gasteiger partial charge in [0.15, 0.2) is 0 Å². The first-order chi connectivity index (χ1) is 16.0. The number of rotatable bonds is 11. The molecule has 0 heterocycles. The number of aliphatic carboxylic acids is 1. The quantitative estimate of drug-likeness (QED) is 0.488. The second-order valence-electron chi connectivity index (χ2n) is 7.71. The molecule has 33 heavy (non-hydrogen) atoms. The number of carboxylic acids is 1. The molecule has 0 fully saturated rings. The van der Waals surface area contributed by atoms with Crippen LogP contribution in [-0.4, -0.2) is 65.7 Å². The minimum atomic E-state index is -1.13. The summed E-state index contributed by atoms with van der Waals surface area (Å²) in [4.78, 5) is 37.9. The van der Waals surface area contributed by atoms with Crippen molar-refractivity contribution in [3.63, 3.8) is 0 Å². The fourth-order valence-corrected chi connectivity index (χ4v) is 4.52. The third kappa shape index (κ3) is 5.96. The van der Waals surface area contributed by atoms with Gasteiger partial charge in [-0.3, -0.25) is 9.59 Å². The van der Waals surface area contributed by atoms with E-state index in [9.17, 15) is 14.4 Å². The monoisotopic (exact) mass is 468 g/mol. The molecule has 0 bridgehead atoms. The Kier molecular flexibility index (Phi) is 8.54. The summed E-state index contributed by atoms with van der Waals surface area (Å²) in [6.07, 6.45) is 3.01. The summed E-state index contributed by atoms with van der Waals surface area (Å²) in [6.45, 7) is 3.33. The number of carboxylic acid groups (broad SMARTS) is 1. The third-order valence-corrected chi connectivity index (χ3v) is 6.18. The van der Waals surface area contributed by atoms with Crippen LogP contribution in [0.3, 0.4) is 0 Å². The van der Waals surface area contributed by atoms with Crippen LogP contribution >= 0.6 is 11.8 Å². The molecule has 0 aromatic heterocycles. The smallest absolute Gasteiger partial charge is 0.407 e. The van der Waals surface area contributed by atoms with Gasteiger partial charge in [-0.1, -0.05) is 54.6 Å². The highest BCUT2D eigenvalue weighted by molar-refractivity contribution is 7.98. The maximum absolute atomic E-state index is 12.9. The maximum Gasteiger partial charge on any atom is 0.407 e. The van der Waals surface area contributed by atoms with Gasteiger partial charge in [-0.15, -0.1) is 6.58 Å². The highest BCUT2D eigenvalue weighted by Crippen LogP contribution is 2.44. The molecule has 0 unspecified atom stereocenters. The lowest BCUT2D eigenvalue weighted by Gasteiger charge is -2.25. The van der Waals surface area contributed by atoms with Crippen LogP contribution in [0, 0.1) is 0 Å². The number of benzene rings is 2. The molecule has 2 aromatic carbocycles. The fraction of sp³-hybridized carbons (Fsp3) is 0.320. The summed E-state index contributed by atoms with van der Waals surface area (Å²) in [5, 5.41) is 11.8. The number of hydrogen-bond donors (Lipinski definition) is 2. The Balaban J connectivity index is 1.69. The van der Waals surface area contributed by atoms with E-state index in [0.717, 1.165) is 27.2 Å². The Morgan fingerprint density at radius 2 is 1.76 bits per heavy atom. The average molecular weight is 469 g/mol. The molecule has 174 valence electrons. The highest BCUT2D eigenvalue weighted by Gasteiger charge is 2.30. The molecule has 1 aliphatic carbocycles. The molecule has 0 saturated heterocycles. The molecule has 1 atom stereocenters. The van der Waals surface area contributed by atoms with Crippen molar-refractivity contribution < 1.29 is 24.2 Å². The van der Waals surface area contributed by atoms with E-state index in [1.165, 1.54) is 17.8 Å². The number of hydrogen-bond acceptors (Lipinski definition) is 5. The largest absolute Gasteiger partial charge is 0.480 e. The number of carbonyl (C=O) groups excluding carboxylic acids is 2. The number of alkyl carbamates (subject to hydrolysis) is 1. The first-order valence-electron chi connectivity index (χ1n) is 10.7. The van der Waals surface area contributed by atoms with Crippen molar-refractivity contribution in [1.82, 2.24) is 10.2 Å². The SMILES string of the molecule is C=CCN(CC(=O)O)C(=O)[C@H](CCSC)NC(=O)OCC1c2ccccc2-c2ccccc21. The molecule has 0 spiro atoms. The van der Waals surface area contributed by atoms with Crippen LogP contribution in [-0.2, 0) is 14.3 Å². The molecular formula is C25H28N2O5S.